The molecule has 2 N–H and O–H groups in total. The summed E-state index contributed by atoms with van der Waals surface area (Å²) < 4.78 is 28.1. The predicted molar refractivity (Wildman–Crippen MR) is 81.4 cm³/mol. The van der Waals surface area contributed by atoms with E-state index in [2.05, 4.69) is 23.9 Å². The van der Waals surface area contributed by atoms with Gasteiger partial charge in [0.05, 0.1) is 0 Å². The van der Waals surface area contributed by atoms with Gasteiger partial charge in [0.1, 0.15) is 4.90 Å². The van der Waals surface area contributed by atoms with Crippen LogP contribution in [0.1, 0.15) is 43.6 Å². The van der Waals surface area contributed by atoms with E-state index in [0.717, 1.165) is 16.9 Å². The van der Waals surface area contributed by atoms with Gasteiger partial charge in [0.2, 0.25) is 10.0 Å². The smallest absolute Gasteiger partial charge is 0.242 e. The third-order valence-electron chi connectivity index (χ3n) is 4.20. The molecule has 0 radical (unpaired) electrons. The largest absolute Gasteiger partial charge is 0.309 e. The number of thiophene rings is 1. The predicted octanol–water partition coefficient (Wildman–Crippen LogP) is 2.39. The van der Waals surface area contributed by atoms with Crippen molar-refractivity contribution in [1.82, 2.24) is 10.0 Å². The van der Waals surface area contributed by atoms with Crippen molar-refractivity contribution in [3.8, 4) is 0 Å². The average Bonchev–Trinajstić information content (AvgIpc) is 3.20. The lowest BCUT2D eigenvalue weighted by molar-refractivity contribution is 0.553. The fourth-order valence-corrected chi connectivity index (χ4v) is 5.58. The Hall–Kier alpha value is -0.430. The number of aryl methyl sites for hydroxylation is 1. The van der Waals surface area contributed by atoms with Gasteiger partial charge in [-0.2, -0.15) is 0 Å². The molecule has 1 heterocycles. The SMILES string of the molecule is Cc1csc(CNC2CC2)c1S(=O)(=O)NC1CC1(C)C. The van der Waals surface area contributed by atoms with Crippen LogP contribution in [0.3, 0.4) is 0 Å². The molecular weight excluding hydrogens is 292 g/mol. The maximum Gasteiger partial charge on any atom is 0.242 e. The zero-order chi connectivity index (χ0) is 14.5. The third kappa shape index (κ3) is 2.93. The van der Waals surface area contributed by atoms with Crippen LogP contribution in [-0.2, 0) is 16.6 Å². The zero-order valence-electron chi connectivity index (χ0n) is 12.2. The Morgan fingerprint density at radius 1 is 1.40 bits per heavy atom. The number of sulfonamides is 1. The van der Waals surface area contributed by atoms with Gasteiger partial charge in [-0.05, 0) is 42.5 Å². The highest BCUT2D eigenvalue weighted by Gasteiger charge is 2.48. The van der Waals surface area contributed by atoms with Crippen molar-refractivity contribution in [1.29, 1.82) is 0 Å². The van der Waals surface area contributed by atoms with Gasteiger partial charge in [-0.3, -0.25) is 0 Å². The summed E-state index contributed by atoms with van der Waals surface area (Å²) in [5, 5.41) is 5.34. The second-order valence-corrected chi connectivity index (χ2v) is 9.31. The van der Waals surface area contributed by atoms with Gasteiger partial charge in [-0.25, -0.2) is 13.1 Å². The molecule has 1 atom stereocenters. The van der Waals surface area contributed by atoms with Crippen LogP contribution < -0.4 is 10.0 Å². The Morgan fingerprint density at radius 2 is 2.05 bits per heavy atom. The number of hydrogen-bond donors (Lipinski definition) is 2. The van der Waals surface area contributed by atoms with Crippen LogP contribution >= 0.6 is 11.3 Å². The minimum absolute atomic E-state index is 0.0797. The van der Waals surface area contributed by atoms with Gasteiger partial charge in [0.25, 0.3) is 0 Å². The molecule has 0 spiro atoms. The van der Waals surface area contributed by atoms with Crippen molar-refractivity contribution in [2.24, 2.45) is 5.41 Å². The molecule has 2 fully saturated rings. The summed E-state index contributed by atoms with van der Waals surface area (Å²) in [4.78, 5) is 1.43. The minimum Gasteiger partial charge on any atom is -0.309 e. The molecule has 1 aromatic heterocycles. The first kappa shape index (κ1) is 14.5. The molecule has 0 amide bonds. The zero-order valence-corrected chi connectivity index (χ0v) is 13.8. The Balaban J connectivity index is 1.78. The maximum absolute atomic E-state index is 12.6. The molecular formula is C14H22N2O2S2. The highest BCUT2D eigenvalue weighted by atomic mass is 32.2. The molecule has 2 aliphatic carbocycles. The average molecular weight is 314 g/mol. The molecule has 2 aliphatic rings. The van der Waals surface area contributed by atoms with Crippen LogP contribution in [-0.4, -0.2) is 20.5 Å². The molecule has 20 heavy (non-hydrogen) atoms. The quantitative estimate of drug-likeness (QED) is 0.847. The van der Waals surface area contributed by atoms with E-state index in [4.69, 9.17) is 0 Å². The highest BCUT2D eigenvalue weighted by molar-refractivity contribution is 7.89. The first-order chi connectivity index (χ1) is 9.29. The summed E-state index contributed by atoms with van der Waals surface area (Å²) in [5.41, 5.74) is 0.956. The van der Waals surface area contributed by atoms with E-state index < -0.39 is 10.0 Å². The Labute approximate surface area is 125 Å². The molecule has 4 nitrogen and oxygen atoms in total. The van der Waals surface area contributed by atoms with E-state index in [9.17, 15) is 8.42 Å². The van der Waals surface area contributed by atoms with Crippen LogP contribution in [0.2, 0.25) is 0 Å². The van der Waals surface area contributed by atoms with Crippen LogP contribution in [0.15, 0.2) is 10.3 Å². The molecule has 112 valence electrons. The summed E-state index contributed by atoms with van der Waals surface area (Å²) in [6, 6.07) is 0.666. The first-order valence-corrected chi connectivity index (χ1v) is 9.48. The Kier molecular flexibility index (Phi) is 3.48. The summed E-state index contributed by atoms with van der Waals surface area (Å²) in [6.45, 7) is 6.73. The standard InChI is InChI=1S/C14H22N2O2S2/c1-9-8-19-11(7-15-10-4-5-10)13(9)20(17,18)16-12-6-14(12,2)3/h8,10,12,15-16H,4-7H2,1-3H3. The minimum atomic E-state index is -3.39. The summed E-state index contributed by atoms with van der Waals surface area (Å²) in [5.74, 6) is 0. The Morgan fingerprint density at radius 3 is 2.60 bits per heavy atom. The molecule has 0 aliphatic heterocycles. The molecule has 0 saturated heterocycles. The lowest BCUT2D eigenvalue weighted by Crippen LogP contribution is -2.30. The third-order valence-corrected chi connectivity index (χ3v) is 7.13. The van der Waals surface area contributed by atoms with Gasteiger partial charge in [-0.15, -0.1) is 11.3 Å². The molecule has 6 heteroatoms. The van der Waals surface area contributed by atoms with Gasteiger partial charge in [0.15, 0.2) is 0 Å². The molecule has 1 unspecified atom stereocenters. The topological polar surface area (TPSA) is 58.2 Å². The number of rotatable bonds is 6. The van der Waals surface area contributed by atoms with Gasteiger partial charge in [0, 0.05) is 23.5 Å². The van der Waals surface area contributed by atoms with Gasteiger partial charge < -0.3 is 5.32 Å². The van der Waals surface area contributed by atoms with E-state index >= 15 is 0 Å². The first-order valence-electron chi connectivity index (χ1n) is 7.12. The van der Waals surface area contributed by atoms with E-state index in [1.807, 2.05) is 12.3 Å². The van der Waals surface area contributed by atoms with E-state index in [1.54, 1.807) is 0 Å². The lowest BCUT2D eigenvalue weighted by atomic mass is 10.2. The van der Waals surface area contributed by atoms with Crippen LogP contribution in [0.4, 0.5) is 0 Å². The Bertz CT molecular complexity index is 615. The van der Waals surface area contributed by atoms with E-state index in [0.29, 0.717) is 17.5 Å². The van der Waals surface area contributed by atoms with Crippen LogP contribution in [0.5, 0.6) is 0 Å². The number of nitrogens with one attached hydrogen (secondary N) is 2. The van der Waals surface area contributed by atoms with E-state index in [-0.39, 0.29) is 11.5 Å². The second kappa shape index (κ2) is 4.80. The molecule has 3 rings (SSSR count). The van der Waals surface area contributed by atoms with Crippen molar-refractivity contribution in [2.45, 2.75) is 63.6 Å². The van der Waals surface area contributed by atoms with E-state index in [1.165, 1.54) is 24.2 Å². The van der Waals surface area contributed by atoms with Gasteiger partial charge >= 0.3 is 0 Å². The molecule has 0 aromatic carbocycles. The van der Waals surface area contributed by atoms with Crippen molar-refractivity contribution in [2.75, 3.05) is 0 Å². The fraction of sp³-hybridized carbons (Fsp3) is 0.714. The normalized spacial score (nSPS) is 24.9. The summed E-state index contributed by atoms with van der Waals surface area (Å²) >= 11 is 1.54. The van der Waals surface area contributed by atoms with Crippen molar-refractivity contribution in [3.63, 3.8) is 0 Å². The lowest BCUT2D eigenvalue weighted by Gasteiger charge is -2.11. The molecule has 0 bridgehead atoms. The maximum atomic E-state index is 12.6. The molecule has 2 saturated carbocycles. The highest BCUT2D eigenvalue weighted by Crippen LogP contribution is 2.45. The number of hydrogen-bond acceptors (Lipinski definition) is 4. The summed E-state index contributed by atoms with van der Waals surface area (Å²) in [7, 11) is -3.39. The van der Waals surface area contributed by atoms with Crippen LogP contribution in [0.25, 0.3) is 0 Å². The second-order valence-electron chi connectivity index (χ2n) is 6.69. The van der Waals surface area contributed by atoms with Crippen LogP contribution in [0, 0.1) is 12.3 Å². The monoisotopic (exact) mass is 314 g/mol. The van der Waals surface area contributed by atoms with Crippen molar-refractivity contribution >= 4 is 21.4 Å². The van der Waals surface area contributed by atoms with Gasteiger partial charge in [-0.1, -0.05) is 13.8 Å². The molecule has 1 aromatic rings. The van der Waals surface area contributed by atoms with Crippen molar-refractivity contribution in [3.05, 3.63) is 15.8 Å². The van der Waals surface area contributed by atoms with Crippen molar-refractivity contribution < 1.29 is 8.42 Å². The summed E-state index contributed by atoms with van der Waals surface area (Å²) in [6.07, 6.45) is 3.34. The fourth-order valence-electron chi connectivity index (χ4n) is 2.41.